The first-order valence-corrected chi connectivity index (χ1v) is 5.74. The molecule has 0 aromatic rings. The van der Waals surface area contributed by atoms with Gasteiger partial charge in [-0.05, 0) is 53.2 Å². The van der Waals surface area contributed by atoms with Crippen molar-refractivity contribution in [3.8, 4) is 0 Å². The molecule has 0 amide bonds. The summed E-state index contributed by atoms with van der Waals surface area (Å²) in [7, 11) is 4.25. The van der Waals surface area contributed by atoms with Gasteiger partial charge in [-0.25, -0.2) is 0 Å². The molecule has 1 aliphatic rings. The summed E-state index contributed by atoms with van der Waals surface area (Å²) >= 11 is 0. The van der Waals surface area contributed by atoms with E-state index in [1.54, 1.807) is 0 Å². The summed E-state index contributed by atoms with van der Waals surface area (Å²) in [5.41, 5.74) is 5.87. The molecule has 0 bridgehead atoms. The van der Waals surface area contributed by atoms with Gasteiger partial charge in [0.2, 0.25) is 0 Å². The van der Waals surface area contributed by atoms with E-state index in [2.05, 4.69) is 31.2 Å². The van der Waals surface area contributed by atoms with Crippen molar-refractivity contribution in [1.29, 1.82) is 0 Å². The third-order valence-electron chi connectivity index (χ3n) is 3.00. The van der Waals surface area contributed by atoms with Crippen LogP contribution in [0.25, 0.3) is 0 Å². The average molecular weight is 199 g/mol. The number of rotatable bonds is 5. The molecule has 3 N–H and O–H groups in total. The quantitative estimate of drug-likeness (QED) is 0.688. The van der Waals surface area contributed by atoms with Gasteiger partial charge in [-0.15, -0.1) is 0 Å². The van der Waals surface area contributed by atoms with Gasteiger partial charge < -0.3 is 16.0 Å². The lowest BCUT2D eigenvalue weighted by atomic mass is 10.1. The van der Waals surface area contributed by atoms with Crippen LogP contribution >= 0.6 is 0 Å². The zero-order chi connectivity index (χ0) is 10.6. The molecule has 3 unspecified atom stereocenters. The van der Waals surface area contributed by atoms with Gasteiger partial charge in [0.05, 0.1) is 0 Å². The number of hydrogen-bond donors (Lipinski definition) is 2. The molecule has 0 saturated heterocycles. The Labute approximate surface area is 88.0 Å². The van der Waals surface area contributed by atoms with Gasteiger partial charge in [0.25, 0.3) is 0 Å². The van der Waals surface area contributed by atoms with Gasteiger partial charge in [-0.1, -0.05) is 0 Å². The second kappa shape index (κ2) is 5.69. The van der Waals surface area contributed by atoms with Crippen LogP contribution in [0.5, 0.6) is 0 Å². The summed E-state index contributed by atoms with van der Waals surface area (Å²) in [4.78, 5) is 2.23. The first-order valence-electron chi connectivity index (χ1n) is 5.74. The Balaban J connectivity index is 2.10. The Kier molecular flexibility index (Phi) is 4.85. The maximum absolute atomic E-state index is 5.87. The van der Waals surface area contributed by atoms with Gasteiger partial charge in [0, 0.05) is 18.1 Å². The molecule has 0 aromatic carbocycles. The molecule has 0 aromatic heterocycles. The van der Waals surface area contributed by atoms with Crippen LogP contribution in [0.3, 0.4) is 0 Å². The predicted molar refractivity (Wildman–Crippen MR) is 61.4 cm³/mol. The first kappa shape index (κ1) is 12.0. The molecule has 1 saturated carbocycles. The number of nitrogens with zero attached hydrogens (tertiary/aromatic N) is 1. The summed E-state index contributed by atoms with van der Waals surface area (Å²) in [5, 5.41) is 3.66. The maximum Gasteiger partial charge on any atom is 0.00848 e. The number of nitrogens with two attached hydrogens (primary N) is 1. The molecule has 84 valence electrons. The van der Waals surface area contributed by atoms with E-state index in [1.165, 1.54) is 19.3 Å². The lowest BCUT2D eigenvalue weighted by Gasteiger charge is -2.20. The van der Waals surface area contributed by atoms with Crippen molar-refractivity contribution in [3.63, 3.8) is 0 Å². The van der Waals surface area contributed by atoms with E-state index in [4.69, 9.17) is 5.73 Å². The van der Waals surface area contributed by atoms with Gasteiger partial charge >= 0.3 is 0 Å². The van der Waals surface area contributed by atoms with E-state index in [0.29, 0.717) is 18.1 Å². The molecule has 1 rings (SSSR count). The minimum absolute atomic E-state index is 0.438. The van der Waals surface area contributed by atoms with Crippen LogP contribution < -0.4 is 11.1 Å². The molecule has 3 atom stereocenters. The summed E-state index contributed by atoms with van der Waals surface area (Å²) in [5.74, 6) is 0. The van der Waals surface area contributed by atoms with Gasteiger partial charge in [-0.2, -0.15) is 0 Å². The minimum atomic E-state index is 0.438. The van der Waals surface area contributed by atoms with Crippen molar-refractivity contribution in [2.45, 2.75) is 50.7 Å². The largest absolute Gasteiger partial charge is 0.328 e. The second-order valence-corrected chi connectivity index (χ2v) is 4.93. The topological polar surface area (TPSA) is 41.3 Å². The Morgan fingerprint density at radius 3 is 2.64 bits per heavy atom. The van der Waals surface area contributed by atoms with Gasteiger partial charge in [0.1, 0.15) is 0 Å². The Bertz CT molecular complexity index is 159. The van der Waals surface area contributed by atoms with Gasteiger partial charge in [-0.3, -0.25) is 0 Å². The molecule has 1 fully saturated rings. The summed E-state index contributed by atoms with van der Waals surface area (Å²) in [6, 6.07) is 1.73. The van der Waals surface area contributed by atoms with Crippen LogP contribution in [-0.4, -0.2) is 43.7 Å². The van der Waals surface area contributed by atoms with Crippen molar-refractivity contribution in [2.24, 2.45) is 5.73 Å². The highest BCUT2D eigenvalue weighted by Crippen LogP contribution is 2.17. The monoisotopic (exact) mass is 199 g/mol. The Morgan fingerprint density at radius 1 is 1.43 bits per heavy atom. The Morgan fingerprint density at radius 2 is 2.14 bits per heavy atom. The van der Waals surface area contributed by atoms with E-state index in [0.717, 1.165) is 13.0 Å². The van der Waals surface area contributed by atoms with Crippen molar-refractivity contribution < 1.29 is 0 Å². The van der Waals surface area contributed by atoms with E-state index < -0.39 is 0 Å². The van der Waals surface area contributed by atoms with E-state index >= 15 is 0 Å². The zero-order valence-electron chi connectivity index (χ0n) is 9.79. The van der Waals surface area contributed by atoms with Crippen molar-refractivity contribution in [1.82, 2.24) is 10.2 Å². The van der Waals surface area contributed by atoms with Crippen LogP contribution in [0.1, 0.15) is 32.6 Å². The molecule has 14 heavy (non-hydrogen) atoms. The minimum Gasteiger partial charge on any atom is -0.328 e. The predicted octanol–water partition coefficient (Wildman–Crippen LogP) is 0.796. The average Bonchev–Trinajstić information content (AvgIpc) is 2.48. The zero-order valence-corrected chi connectivity index (χ0v) is 9.79. The standard InChI is InChI=1S/C11H25N3/c1-9(6-7-14(2)3)13-11-5-4-10(12)8-11/h9-11,13H,4-8,12H2,1-3H3. The molecule has 3 nitrogen and oxygen atoms in total. The number of hydrogen-bond acceptors (Lipinski definition) is 3. The normalized spacial score (nSPS) is 29.8. The number of nitrogens with one attached hydrogen (secondary N) is 1. The lowest BCUT2D eigenvalue weighted by Crippen LogP contribution is -2.37. The Hall–Kier alpha value is -0.120. The summed E-state index contributed by atoms with van der Waals surface area (Å²) in [6.45, 7) is 3.43. The first-order chi connectivity index (χ1) is 6.58. The smallest absolute Gasteiger partial charge is 0.00848 e. The molecule has 3 heteroatoms. The highest BCUT2D eigenvalue weighted by molar-refractivity contribution is 4.84. The molecular formula is C11H25N3. The van der Waals surface area contributed by atoms with E-state index in [9.17, 15) is 0 Å². The van der Waals surface area contributed by atoms with Crippen LogP contribution in [0.15, 0.2) is 0 Å². The molecular weight excluding hydrogens is 174 g/mol. The van der Waals surface area contributed by atoms with Gasteiger partial charge in [0.15, 0.2) is 0 Å². The maximum atomic E-state index is 5.87. The SMILES string of the molecule is CC(CCN(C)C)NC1CCC(N)C1. The van der Waals surface area contributed by atoms with Crippen LogP contribution in [0.2, 0.25) is 0 Å². The van der Waals surface area contributed by atoms with Crippen LogP contribution in [-0.2, 0) is 0 Å². The molecule has 0 heterocycles. The lowest BCUT2D eigenvalue weighted by molar-refractivity contribution is 0.348. The van der Waals surface area contributed by atoms with Crippen molar-refractivity contribution in [2.75, 3.05) is 20.6 Å². The molecule has 0 aliphatic heterocycles. The summed E-state index contributed by atoms with van der Waals surface area (Å²) < 4.78 is 0. The summed E-state index contributed by atoms with van der Waals surface area (Å²) in [6.07, 6.45) is 4.83. The fourth-order valence-electron chi connectivity index (χ4n) is 2.11. The highest BCUT2D eigenvalue weighted by Gasteiger charge is 2.22. The van der Waals surface area contributed by atoms with Crippen molar-refractivity contribution >= 4 is 0 Å². The van der Waals surface area contributed by atoms with Crippen LogP contribution in [0.4, 0.5) is 0 Å². The fraction of sp³-hybridized carbons (Fsp3) is 1.00. The van der Waals surface area contributed by atoms with Crippen molar-refractivity contribution in [3.05, 3.63) is 0 Å². The van der Waals surface area contributed by atoms with Crippen LogP contribution in [0, 0.1) is 0 Å². The molecule has 0 spiro atoms. The fourth-order valence-corrected chi connectivity index (χ4v) is 2.11. The second-order valence-electron chi connectivity index (χ2n) is 4.93. The highest BCUT2D eigenvalue weighted by atomic mass is 15.1. The third kappa shape index (κ3) is 4.40. The molecule has 0 radical (unpaired) electrons. The van der Waals surface area contributed by atoms with E-state index in [-0.39, 0.29) is 0 Å². The van der Waals surface area contributed by atoms with E-state index in [1.807, 2.05) is 0 Å². The third-order valence-corrected chi connectivity index (χ3v) is 3.00. The molecule has 1 aliphatic carbocycles.